The predicted molar refractivity (Wildman–Crippen MR) is 71.5 cm³/mol. The number of β-lactam (4-membered cyclic amide) rings is 1. The van der Waals surface area contributed by atoms with E-state index in [1.165, 1.54) is 0 Å². The molecule has 0 radical (unpaired) electrons. The predicted octanol–water partition coefficient (Wildman–Crippen LogP) is 2.43. The fourth-order valence-corrected chi connectivity index (χ4v) is 2.67. The number of hydrogen-bond acceptors (Lipinski definition) is 2. The van der Waals surface area contributed by atoms with Crippen LogP contribution in [0.1, 0.15) is 19.4 Å². The molecule has 4 heteroatoms. The van der Waals surface area contributed by atoms with E-state index in [9.17, 15) is 4.79 Å². The van der Waals surface area contributed by atoms with Gasteiger partial charge in [-0.25, -0.2) is 0 Å². The van der Waals surface area contributed by atoms with Gasteiger partial charge in [0.15, 0.2) is 6.10 Å². The molecule has 0 bridgehead atoms. The molecule has 1 fully saturated rings. The highest BCUT2D eigenvalue weighted by atomic mass is 35.5. The monoisotopic (exact) mass is 267 g/mol. The standard InChI is InChI=1S/C14H18ClNO2/c1-14(2,15)12-11(18-3)13(17)16(12)9-10-7-5-4-6-8-10/h4-8,11-12H,9H2,1-3H3/t11-,12-/m0/s1. The average molecular weight is 268 g/mol. The van der Waals surface area contributed by atoms with Gasteiger partial charge < -0.3 is 9.64 Å². The van der Waals surface area contributed by atoms with Gasteiger partial charge in [-0.1, -0.05) is 30.3 Å². The van der Waals surface area contributed by atoms with Crippen LogP contribution in [0.2, 0.25) is 0 Å². The number of carbonyl (C=O) groups excluding carboxylic acids is 1. The normalized spacial score (nSPS) is 24.0. The summed E-state index contributed by atoms with van der Waals surface area (Å²) in [5, 5.41) is 0. The van der Waals surface area contributed by atoms with E-state index in [2.05, 4.69) is 0 Å². The zero-order valence-electron chi connectivity index (χ0n) is 10.9. The molecule has 0 N–H and O–H groups in total. The van der Waals surface area contributed by atoms with E-state index >= 15 is 0 Å². The summed E-state index contributed by atoms with van der Waals surface area (Å²) in [6.45, 7) is 4.41. The summed E-state index contributed by atoms with van der Waals surface area (Å²) >= 11 is 6.36. The SMILES string of the molecule is CO[C@@H]1C(=O)N(Cc2ccccc2)[C@@H]1C(C)(C)Cl. The molecule has 1 aliphatic rings. The fourth-order valence-electron chi connectivity index (χ4n) is 2.43. The van der Waals surface area contributed by atoms with Gasteiger partial charge in [-0.05, 0) is 19.4 Å². The van der Waals surface area contributed by atoms with Crippen LogP contribution in [0.5, 0.6) is 0 Å². The number of halogens is 1. The summed E-state index contributed by atoms with van der Waals surface area (Å²) in [5.74, 6) is 0.0140. The fraction of sp³-hybridized carbons (Fsp3) is 0.500. The van der Waals surface area contributed by atoms with Crippen LogP contribution in [0, 0.1) is 0 Å². The van der Waals surface area contributed by atoms with Crippen LogP contribution in [-0.4, -0.2) is 34.9 Å². The van der Waals surface area contributed by atoms with E-state index < -0.39 is 11.0 Å². The smallest absolute Gasteiger partial charge is 0.254 e. The minimum absolute atomic E-state index is 0.0140. The van der Waals surface area contributed by atoms with Crippen molar-refractivity contribution in [3.8, 4) is 0 Å². The van der Waals surface area contributed by atoms with Crippen LogP contribution in [0.3, 0.4) is 0 Å². The molecule has 2 atom stereocenters. The van der Waals surface area contributed by atoms with Crippen LogP contribution in [0.25, 0.3) is 0 Å². The van der Waals surface area contributed by atoms with Crippen molar-refractivity contribution in [3.63, 3.8) is 0 Å². The lowest BCUT2D eigenvalue weighted by atomic mass is 9.86. The van der Waals surface area contributed by atoms with Gasteiger partial charge in [0.25, 0.3) is 5.91 Å². The lowest BCUT2D eigenvalue weighted by molar-refractivity contribution is -0.174. The Labute approximate surface area is 113 Å². The highest BCUT2D eigenvalue weighted by Crippen LogP contribution is 2.36. The van der Waals surface area contributed by atoms with Crippen molar-refractivity contribution in [2.24, 2.45) is 0 Å². The zero-order valence-corrected chi connectivity index (χ0v) is 11.6. The van der Waals surface area contributed by atoms with Crippen molar-refractivity contribution < 1.29 is 9.53 Å². The van der Waals surface area contributed by atoms with Crippen molar-refractivity contribution in [3.05, 3.63) is 35.9 Å². The molecule has 0 unspecified atom stereocenters. The first kappa shape index (κ1) is 13.4. The molecule has 1 aliphatic heterocycles. The van der Waals surface area contributed by atoms with Crippen molar-refractivity contribution in [2.45, 2.75) is 37.4 Å². The Hall–Kier alpha value is -1.06. The summed E-state index contributed by atoms with van der Waals surface area (Å²) < 4.78 is 5.23. The van der Waals surface area contributed by atoms with Crippen molar-refractivity contribution in [1.29, 1.82) is 0 Å². The molecular weight excluding hydrogens is 250 g/mol. The number of rotatable bonds is 4. The maximum absolute atomic E-state index is 12.0. The lowest BCUT2D eigenvalue weighted by Crippen LogP contribution is -2.70. The first-order chi connectivity index (χ1) is 8.45. The van der Waals surface area contributed by atoms with Crippen LogP contribution in [0.4, 0.5) is 0 Å². The molecule has 0 spiro atoms. The quantitative estimate of drug-likeness (QED) is 0.619. The van der Waals surface area contributed by atoms with Gasteiger partial charge in [-0.15, -0.1) is 11.6 Å². The second-order valence-electron chi connectivity index (χ2n) is 5.12. The molecule has 2 rings (SSSR count). The summed E-state index contributed by atoms with van der Waals surface area (Å²) in [5.41, 5.74) is 1.10. The number of alkyl halides is 1. The minimum Gasteiger partial charge on any atom is -0.369 e. The Kier molecular flexibility index (Phi) is 3.64. The highest BCUT2D eigenvalue weighted by Gasteiger charge is 2.54. The molecule has 98 valence electrons. The summed E-state index contributed by atoms with van der Waals surface area (Å²) in [7, 11) is 1.55. The molecule has 0 aliphatic carbocycles. The van der Waals surface area contributed by atoms with Crippen molar-refractivity contribution >= 4 is 17.5 Å². The molecule has 1 saturated heterocycles. The Bertz CT molecular complexity index is 427. The van der Waals surface area contributed by atoms with E-state index in [1.807, 2.05) is 44.2 Å². The molecule has 0 saturated carbocycles. The minimum atomic E-state index is -0.497. The van der Waals surface area contributed by atoms with Gasteiger partial charge in [-0.3, -0.25) is 4.79 Å². The molecule has 0 aromatic heterocycles. The number of benzene rings is 1. The van der Waals surface area contributed by atoms with Gasteiger partial charge in [0, 0.05) is 13.7 Å². The molecular formula is C14H18ClNO2. The average Bonchev–Trinajstić information content (AvgIpc) is 2.32. The number of carbonyl (C=O) groups is 1. The van der Waals surface area contributed by atoms with Gasteiger partial charge in [-0.2, -0.15) is 0 Å². The third kappa shape index (κ3) is 2.38. The van der Waals surface area contributed by atoms with E-state index in [-0.39, 0.29) is 11.9 Å². The number of nitrogens with zero attached hydrogens (tertiary/aromatic N) is 1. The van der Waals surface area contributed by atoms with Crippen molar-refractivity contribution in [2.75, 3.05) is 7.11 Å². The third-order valence-electron chi connectivity index (χ3n) is 3.30. The van der Waals surface area contributed by atoms with Gasteiger partial charge in [0.1, 0.15) is 0 Å². The Balaban J connectivity index is 2.15. The topological polar surface area (TPSA) is 29.5 Å². The maximum Gasteiger partial charge on any atom is 0.254 e. The van der Waals surface area contributed by atoms with E-state index in [1.54, 1.807) is 12.0 Å². The van der Waals surface area contributed by atoms with Crippen LogP contribution in [-0.2, 0) is 16.1 Å². The Morgan fingerprint density at radius 3 is 2.44 bits per heavy atom. The Morgan fingerprint density at radius 2 is 1.94 bits per heavy atom. The second-order valence-corrected chi connectivity index (χ2v) is 6.09. The van der Waals surface area contributed by atoms with Crippen LogP contribution < -0.4 is 0 Å². The maximum atomic E-state index is 12.0. The summed E-state index contributed by atoms with van der Waals surface area (Å²) in [6.07, 6.45) is -0.416. The molecule has 18 heavy (non-hydrogen) atoms. The van der Waals surface area contributed by atoms with Crippen molar-refractivity contribution in [1.82, 2.24) is 4.90 Å². The van der Waals surface area contributed by atoms with Crippen LogP contribution >= 0.6 is 11.6 Å². The highest BCUT2D eigenvalue weighted by molar-refractivity contribution is 6.24. The van der Waals surface area contributed by atoms with Gasteiger partial charge >= 0.3 is 0 Å². The number of hydrogen-bond donors (Lipinski definition) is 0. The van der Waals surface area contributed by atoms with Gasteiger partial charge in [0.05, 0.1) is 10.9 Å². The molecule has 1 aromatic carbocycles. The first-order valence-electron chi connectivity index (χ1n) is 6.01. The number of methoxy groups -OCH3 is 1. The molecule has 1 aromatic rings. The van der Waals surface area contributed by atoms with E-state index in [0.29, 0.717) is 6.54 Å². The molecule has 1 amide bonds. The largest absolute Gasteiger partial charge is 0.369 e. The van der Waals surface area contributed by atoms with Crippen LogP contribution in [0.15, 0.2) is 30.3 Å². The summed E-state index contributed by atoms with van der Waals surface area (Å²) in [6, 6.07) is 9.82. The Morgan fingerprint density at radius 1 is 1.33 bits per heavy atom. The van der Waals surface area contributed by atoms with E-state index in [0.717, 1.165) is 5.56 Å². The number of ether oxygens (including phenoxy) is 1. The zero-order chi connectivity index (χ0) is 13.3. The third-order valence-corrected chi connectivity index (χ3v) is 3.53. The lowest BCUT2D eigenvalue weighted by Gasteiger charge is -2.51. The molecule has 1 heterocycles. The summed E-state index contributed by atoms with van der Waals surface area (Å²) in [4.78, 5) is 13.3. The first-order valence-corrected chi connectivity index (χ1v) is 6.39. The number of likely N-dealkylation sites (tertiary alicyclic amines) is 1. The second kappa shape index (κ2) is 4.90. The van der Waals surface area contributed by atoms with E-state index in [4.69, 9.17) is 16.3 Å². The van der Waals surface area contributed by atoms with Gasteiger partial charge in [0.2, 0.25) is 0 Å². The molecule has 3 nitrogen and oxygen atoms in total. The number of amides is 1.